The molecule has 4 unspecified atom stereocenters. The fourth-order valence-corrected chi connectivity index (χ4v) is 8.21. The number of carbonyl (C=O) groups is 2. The predicted octanol–water partition coefficient (Wildman–Crippen LogP) is 4.77. The summed E-state index contributed by atoms with van der Waals surface area (Å²) in [6.45, 7) is 13.0. The number of thiocarbonyl (C=S) groups is 1. The molecule has 2 amide bonds. The number of rotatable bonds is 3. The lowest BCUT2D eigenvalue weighted by atomic mass is 9.49. The topological polar surface area (TPSA) is 61.4 Å². The average Bonchev–Trinajstić information content (AvgIpc) is 3.05. The first kappa shape index (κ1) is 23.7. The molecule has 1 heterocycles. The zero-order valence-electron chi connectivity index (χ0n) is 20.7. The summed E-state index contributed by atoms with van der Waals surface area (Å²) < 4.78 is 0. The fraction of sp³-hybridized carbons (Fsp3) is 0.808. The van der Waals surface area contributed by atoms with Crippen LogP contribution >= 0.6 is 12.2 Å². The largest absolute Gasteiger partial charge is 0.360 e. The van der Waals surface area contributed by atoms with Crippen molar-refractivity contribution in [1.29, 1.82) is 0 Å². The maximum absolute atomic E-state index is 13.9. The fourth-order valence-electron chi connectivity index (χ4n) is 7.67. The zero-order chi connectivity index (χ0) is 23.4. The predicted molar refractivity (Wildman–Crippen MR) is 132 cm³/mol. The van der Waals surface area contributed by atoms with E-state index in [4.69, 9.17) is 12.2 Å². The molecule has 0 radical (unpaired) electrons. The highest BCUT2D eigenvalue weighted by molar-refractivity contribution is 7.80. The van der Waals surface area contributed by atoms with Gasteiger partial charge < -0.3 is 10.6 Å². The maximum atomic E-state index is 13.9. The normalized spacial score (nSPS) is 38.4. The van der Waals surface area contributed by atoms with E-state index in [1.807, 2.05) is 4.90 Å². The number of nitrogens with zero attached hydrogens (tertiary/aromatic N) is 1. The molecule has 3 fully saturated rings. The third-order valence-corrected chi connectivity index (χ3v) is 9.61. The summed E-state index contributed by atoms with van der Waals surface area (Å²) in [5.41, 5.74) is 1.27. The second-order valence-corrected chi connectivity index (χ2v) is 12.2. The van der Waals surface area contributed by atoms with Crippen molar-refractivity contribution >= 4 is 29.1 Å². The van der Waals surface area contributed by atoms with Gasteiger partial charge >= 0.3 is 0 Å². The number of carbonyl (C=O) groups excluding carboxylic acids is 2. The average molecular weight is 460 g/mol. The van der Waals surface area contributed by atoms with Crippen molar-refractivity contribution in [3.8, 4) is 0 Å². The van der Waals surface area contributed by atoms with Crippen LogP contribution in [0.4, 0.5) is 0 Å². The van der Waals surface area contributed by atoms with E-state index in [0.717, 1.165) is 38.5 Å². The Morgan fingerprint density at radius 3 is 2.53 bits per heavy atom. The third kappa shape index (κ3) is 3.70. The lowest BCUT2D eigenvalue weighted by molar-refractivity contribution is -0.140. The Hall–Kier alpha value is -1.43. The van der Waals surface area contributed by atoms with E-state index in [1.54, 1.807) is 0 Å². The van der Waals surface area contributed by atoms with Crippen molar-refractivity contribution in [3.63, 3.8) is 0 Å². The molecule has 5 nitrogen and oxygen atoms in total. The van der Waals surface area contributed by atoms with Crippen LogP contribution in [-0.2, 0) is 9.59 Å². The standard InChI is InChI=1S/C26H41N3O2S/c1-15(2)27-24(32)29(16(3)4)23(31)20-9-8-18-17-7-10-21-26(6,14-12-22(30)28-21)19(17)11-13-25(18,20)5/h10,15-20H,7-9,11-14H2,1-6H3,(H,27,32)(H,28,30)/t17?,18?,19?,20?,25-,26+/m0/s1. The van der Waals surface area contributed by atoms with Crippen LogP contribution in [-0.4, -0.2) is 33.9 Å². The van der Waals surface area contributed by atoms with Crippen LogP contribution in [0.1, 0.15) is 86.5 Å². The molecule has 178 valence electrons. The molecule has 4 aliphatic rings. The van der Waals surface area contributed by atoms with Gasteiger partial charge in [0.2, 0.25) is 11.8 Å². The quantitative estimate of drug-likeness (QED) is 0.597. The molecule has 32 heavy (non-hydrogen) atoms. The number of allylic oxidation sites excluding steroid dienone is 2. The molecule has 6 heteroatoms. The number of nitrogens with one attached hydrogen (secondary N) is 2. The van der Waals surface area contributed by atoms with Gasteiger partial charge in [-0.25, -0.2) is 0 Å². The first-order valence-electron chi connectivity index (χ1n) is 12.6. The minimum atomic E-state index is 0.0262. The molecule has 0 spiro atoms. The van der Waals surface area contributed by atoms with Crippen LogP contribution in [0.25, 0.3) is 0 Å². The Balaban J connectivity index is 1.58. The Bertz CT molecular complexity index is 837. The van der Waals surface area contributed by atoms with Gasteiger partial charge in [-0.1, -0.05) is 19.9 Å². The van der Waals surface area contributed by atoms with Gasteiger partial charge in [-0.15, -0.1) is 0 Å². The SMILES string of the molecule is CC(C)NC(=S)N(C(=O)C1CCC2C3CC=C4NC(=O)CC[C@]4(C)C3CC[C@]12C)C(C)C. The van der Waals surface area contributed by atoms with E-state index in [9.17, 15) is 9.59 Å². The molecule has 0 aromatic rings. The Morgan fingerprint density at radius 1 is 1.16 bits per heavy atom. The third-order valence-electron chi connectivity index (χ3n) is 9.29. The van der Waals surface area contributed by atoms with Gasteiger partial charge in [0.25, 0.3) is 0 Å². The summed E-state index contributed by atoms with van der Waals surface area (Å²) in [6, 6.07) is 0.254. The number of hydrogen-bond donors (Lipinski definition) is 2. The van der Waals surface area contributed by atoms with E-state index >= 15 is 0 Å². The van der Waals surface area contributed by atoms with Gasteiger partial charge in [0.05, 0.1) is 0 Å². The van der Waals surface area contributed by atoms with Crippen LogP contribution in [0.5, 0.6) is 0 Å². The highest BCUT2D eigenvalue weighted by atomic mass is 32.1. The summed E-state index contributed by atoms with van der Waals surface area (Å²) in [5, 5.41) is 7.04. The second-order valence-electron chi connectivity index (χ2n) is 11.8. The smallest absolute Gasteiger partial charge is 0.232 e. The summed E-state index contributed by atoms with van der Waals surface area (Å²) >= 11 is 5.66. The summed E-state index contributed by atoms with van der Waals surface area (Å²) in [4.78, 5) is 27.7. The van der Waals surface area contributed by atoms with Crippen molar-refractivity contribution < 1.29 is 9.59 Å². The summed E-state index contributed by atoms with van der Waals surface area (Å²) in [5.74, 6) is 2.17. The van der Waals surface area contributed by atoms with Crippen LogP contribution in [0.15, 0.2) is 11.8 Å². The number of piperidine rings is 1. The minimum absolute atomic E-state index is 0.0262. The maximum Gasteiger partial charge on any atom is 0.232 e. The molecule has 1 aliphatic heterocycles. The Kier molecular flexibility index (Phi) is 6.23. The van der Waals surface area contributed by atoms with Crippen LogP contribution in [0, 0.1) is 34.5 Å². The van der Waals surface area contributed by atoms with Gasteiger partial charge in [0, 0.05) is 35.5 Å². The number of amides is 2. The van der Waals surface area contributed by atoms with Crippen molar-refractivity contribution in [1.82, 2.24) is 15.5 Å². The molecular formula is C26H41N3O2S. The minimum Gasteiger partial charge on any atom is -0.360 e. The van der Waals surface area contributed by atoms with Gasteiger partial charge in [-0.2, -0.15) is 0 Å². The van der Waals surface area contributed by atoms with Crippen molar-refractivity contribution in [2.45, 2.75) is 98.6 Å². The highest BCUT2D eigenvalue weighted by Gasteiger charge is 2.60. The molecule has 0 aromatic carbocycles. The van der Waals surface area contributed by atoms with E-state index < -0.39 is 0 Å². The van der Waals surface area contributed by atoms with E-state index in [0.29, 0.717) is 29.3 Å². The molecule has 1 saturated heterocycles. The number of hydrogen-bond acceptors (Lipinski definition) is 3. The molecule has 2 N–H and O–H groups in total. The molecule has 2 saturated carbocycles. The van der Waals surface area contributed by atoms with Crippen LogP contribution < -0.4 is 10.6 Å². The van der Waals surface area contributed by atoms with Crippen LogP contribution in [0.2, 0.25) is 0 Å². The first-order valence-corrected chi connectivity index (χ1v) is 13.0. The van der Waals surface area contributed by atoms with Crippen molar-refractivity contribution in [2.75, 3.05) is 0 Å². The molecular weight excluding hydrogens is 418 g/mol. The lowest BCUT2D eigenvalue weighted by Gasteiger charge is -2.57. The van der Waals surface area contributed by atoms with Crippen molar-refractivity contribution in [2.24, 2.45) is 34.5 Å². The monoisotopic (exact) mass is 459 g/mol. The van der Waals surface area contributed by atoms with Gasteiger partial charge in [-0.3, -0.25) is 14.5 Å². The first-order chi connectivity index (χ1) is 15.0. The van der Waals surface area contributed by atoms with Gasteiger partial charge in [0.1, 0.15) is 0 Å². The highest BCUT2D eigenvalue weighted by Crippen LogP contribution is 2.65. The van der Waals surface area contributed by atoms with Crippen molar-refractivity contribution in [3.05, 3.63) is 11.8 Å². The van der Waals surface area contributed by atoms with Crippen LogP contribution in [0.3, 0.4) is 0 Å². The molecule has 0 bridgehead atoms. The molecule has 4 rings (SSSR count). The van der Waals surface area contributed by atoms with E-state index in [2.05, 4.69) is 58.3 Å². The molecule has 3 aliphatic carbocycles. The Morgan fingerprint density at radius 2 is 1.88 bits per heavy atom. The van der Waals surface area contributed by atoms with E-state index in [1.165, 1.54) is 5.70 Å². The number of fused-ring (bicyclic) bond motifs is 5. The molecule has 0 aromatic heterocycles. The van der Waals surface area contributed by atoms with Gasteiger partial charge in [-0.05, 0) is 102 Å². The summed E-state index contributed by atoms with van der Waals surface area (Å²) in [6.07, 6.45) is 9.22. The zero-order valence-corrected chi connectivity index (χ0v) is 21.5. The Labute approximate surface area is 199 Å². The second kappa shape index (κ2) is 8.41. The van der Waals surface area contributed by atoms with E-state index in [-0.39, 0.29) is 40.6 Å². The molecule has 6 atom stereocenters. The summed E-state index contributed by atoms with van der Waals surface area (Å²) in [7, 11) is 0. The lowest BCUT2D eigenvalue weighted by Crippen LogP contribution is -2.56. The van der Waals surface area contributed by atoms with Gasteiger partial charge in [0.15, 0.2) is 5.11 Å².